The highest BCUT2D eigenvalue weighted by Crippen LogP contribution is 2.59. The lowest BCUT2D eigenvalue weighted by Gasteiger charge is -2.65. The first-order valence-corrected chi connectivity index (χ1v) is 22.1. The lowest BCUT2D eigenvalue weighted by molar-refractivity contribution is -0.199. The van der Waals surface area contributed by atoms with Crippen molar-refractivity contribution in [2.75, 3.05) is 31.1 Å². The summed E-state index contributed by atoms with van der Waals surface area (Å²) in [6.07, 6.45) is 1.04. The van der Waals surface area contributed by atoms with Gasteiger partial charge in [-0.3, -0.25) is 19.7 Å². The third kappa shape index (κ3) is 7.22. The Morgan fingerprint density at radius 3 is 2.24 bits per heavy atom. The van der Waals surface area contributed by atoms with Crippen molar-refractivity contribution in [2.45, 2.75) is 109 Å². The molecule has 1 saturated carbocycles. The van der Waals surface area contributed by atoms with Crippen molar-refractivity contribution in [3.8, 4) is 23.7 Å². The molecule has 3 aromatic rings. The molecule has 62 heavy (non-hydrogen) atoms. The quantitative estimate of drug-likeness (QED) is 0.198. The molecule has 4 fully saturated rings. The summed E-state index contributed by atoms with van der Waals surface area (Å²) in [5.41, 5.74) is 3.28. The van der Waals surface area contributed by atoms with E-state index < -0.39 is 36.1 Å². The van der Waals surface area contributed by atoms with E-state index in [4.69, 9.17) is 16.3 Å². The second-order valence-corrected chi connectivity index (χ2v) is 19.4. The van der Waals surface area contributed by atoms with Crippen LogP contribution in [0.1, 0.15) is 117 Å². The van der Waals surface area contributed by atoms with Crippen LogP contribution >= 0.6 is 11.6 Å². The topological polar surface area (TPSA) is 150 Å². The first-order valence-electron chi connectivity index (χ1n) is 21.7. The Hall–Kier alpha value is -5.02. The van der Waals surface area contributed by atoms with Crippen LogP contribution in [0, 0.1) is 45.7 Å². The molecule has 9 rings (SSSR count). The minimum atomic E-state index is -1.37. The number of imide groups is 1. The number of anilines is 1. The summed E-state index contributed by atoms with van der Waals surface area (Å²) in [4.78, 5) is 45.8. The summed E-state index contributed by atoms with van der Waals surface area (Å²) in [6, 6.07) is 15.4. The van der Waals surface area contributed by atoms with Gasteiger partial charge in [-0.25, -0.2) is 9.29 Å². The van der Waals surface area contributed by atoms with Crippen molar-refractivity contribution >= 4 is 35.0 Å². The number of amides is 3. The molecule has 0 radical (unpaired) electrons. The minimum absolute atomic E-state index is 0.0261. The Labute approximate surface area is 366 Å². The molecule has 3 amide bonds. The number of nitrogens with one attached hydrogen (secondary N) is 1. The van der Waals surface area contributed by atoms with E-state index in [9.17, 15) is 29.9 Å². The number of nitriles is 1. The molecule has 3 aromatic carbocycles. The normalized spacial score (nSPS) is 27.5. The fraction of sp³-hybridized carbons (Fsp3) is 0.500. The summed E-state index contributed by atoms with van der Waals surface area (Å²) in [6.45, 7) is 12.2. The molecule has 0 spiro atoms. The van der Waals surface area contributed by atoms with Gasteiger partial charge in [0.15, 0.2) is 0 Å². The highest BCUT2D eigenvalue weighted by Gasteiger charge is 2.67. The first kappa shape index (κ1) is 42.3. The van der Waals surface area contributed by atoms with Crippen LogP contribution in [0.4, 0.5) is 10.1 Å². The number of nitrogens with zero attached hydrogens (tertiary/aromatic N) is 5. The van der Waals surface area contributed by atoms with Gasteiger partial charge in [0.1, 0.15) is 36.2 Å². The van der Waals surface area contributed by atoms with Crippen molar-refractivity contribution < 1.29 is 33.7 Å². The van der Waals surface area contributed by atoms with Crippen LogP contribution in [0.25, 0.3) is 0 Å². The van der Waals surface area contributed by atoms with Gasteiger partial charge in [0.2, 0.25) is 11.8 Å². The summed E-state index contributed by atoms with van der Waals surface area (Å²) < 4.78 is 22.1. The Morgan fingerprint density at radius 2 is 1.58 bits per heavy atom. The maximum absolute atomic E-state index is 15.6. The number of aliphatic hydroxyl groups excluding tert-OH is 2. The number of ether oxygens (including phenoxy) is 1. The van der Waals surface area contributed by atoms with E-state index in [-0.39, 0.29) is 53.2 Å². The van der Waals surface area contributed by atoms with Crippen molar-refractivity contribution in [2.24, 2.45) is 16.7 Å². The molecule has 1 aliphatic carbocycles. The Bertz CT molecular complexity index is 2430. The largest absolute Gasteiger partial charge is 0.489 e. The molecular formula is C48H52ClFN6O6. The number of carbonyl (C=O) groups excluding carboxylic acids is 3. The van der Waals surface area contributed by atoms with Crippen LogP contribution in [-0.2, 0) is 16.1 Å². The number of benzene rings is 3. The van der Waals surface area contributed by atoms with Gasteiger partial charge < -0.3 is 29.6 Å². The first-order chi connectivity index (χ1) is 29.6. The van der Waals surface area contributed by atoms with Crippen LogP contribution < -0.4 is 15.0 Å². The van der Waals surface area contributed by atoms with Crippen molar-refractivity contribution in [1.82, 2.24) is 20.0 Å². The highest BCUT2D eigenvalue weighted by molar-refractivity contribution is 6.31. The molecule has 3 unspecified atom stereocenters. The average Bonchev–Trinajstić information content (AvgIpc) is 3.68. The number of halogens is 2. The van der Waals surface area contributed by atoms with Crippen LogP contribution in [0.15, 0.2) is 48.5 Å². The molecule has 5 heterocycles. The van der Waals surface area contributed by atoms with Gasteiger partial charge >= 0.3 is 0 Å². The monoisotopic (exact) mass is 862 g/mol. The third-order valence-corrected chi connectivity index (χ3v) is 14.8. The average molecular weight is 863 g/mol. The zero-order chi connectivity index (χ0) is 43.8. The molecule has 12 nitrogen and oxygen atoms in total. The van der Waals surface area contributed by atoms with E-state index in [2.05, 4.69) is 61.9 Å². The van der Waals surface area contributed by atoms with E-state index in [1.165, 1.54) is 11.0 Å². The molecular weight excluding hydrogens is 811 g/mol. The third-order valence-electron chi connectivity index (χ3n) is 14.4. The lowest BCUT2D eigenvalue weighted by atomic mass is 9.49. The predicted octanol–water partition coefficient (Wildman–Crippen LogP) is 6.02. The number of carbonyl (C=O) groups is 3. The molecule has 3 atom stereocenters. The van der Waals surface area contributed by atoms with Crippen LogP contribution in [-0.4, -0.2) is 93.0 Å². The molecule has 0 aromatic heterocycles. The molecule has 324 valence electrons. The van der Waals surface area contributed by atoms with Gasteiger partial charge in [-0.2, -0.15) is 5.26 Å². The van der Waals surface area contributed by atoms with Crippen LogP contribution in [0.3, 0.4) is 0 Å². The SMILES string of the molecule is CC1(C)C(Oc2ccc(C#N)c(Cl)c2)C(C)(C)C1N1Cc2cc(C#CC3CCN(C4CCN(c5cc6c(cc5F)C(O)N(C5CCC(=O)NC5=O)C6O)CC4)CC3)ccc2C1=O. The van der Waals surface area contributed by atoms with Crippen LogP contribution in [0.2, 0.25) is 5.02 Å². The van der Waals surface area contributed by atoms with E-state index in [1.807, 2.05) is 21.9 Å². The van der Waals surface area contributed by atoms with Crippen LogP contribution in [0.5, 0.6) is 5.75 Å². The summed E-state index contributed by atoms with van der Waals surface area (Å²) >= 11 is 6.30. The molecule has 3 N–H and O–H groups in total. The molecule has 3 saturated heterocycles. The maximum atomic E-state index is 15.6. The number of hydrogen-bond acceptors (Lipinski definition) is 10. The minimum Gasteiger partial charge on any atom is -0.489 e. The fourth-order valence-electron chi connectivity index (χ4n) is 11.8. The van der Waals surface area contributed by atoms with Crippen molar-refractivity contribution in [3.05, 3.63) is 92.8 Å². The zero-order valence-corrected chi connectivity index (χ0v) is 36.2. The number of hydrogen-bond donors (Lipinski definition) is 3. The van der Waals surface area contributed by atoms with Crippen molar-refractivity contribution in [1.29, 1.82) is 5.26 Å². The van der Waals surface area contributed by atoms with Gasteiger partial charge in [0.25, 0.3) is 5.91 Å². The fourth-order valence-corrected chi connectivity index (χ4v) is 12.0. The van der Waals surface area contributed by atoms with Gasteiger partial charge in [0, 0.05) is 83.2 Å². The summed E-state index contributed by atoms with van der Waals surface area (Å²) in [5.74, 6) is 6.39. The summed E-state index contributed by atoms with van der Waals surface area (Å²) in [7, 11) is 0. The van der Waals surface area contributed by atoms with Gasteiger partial charge in [0.05, 0.1) is 22.3 Å². The second kappa shape index (κ2) is 16.0. The number of piperidine rings is 3. The smallest absolute Gasteiger partial charge is 0.254 e. The van der Waals surface area contributed by atoms with E-state index in [0.29, 0.717) is 53.3 Å². The number of fused-ring (bicyclic) bond motifs is 2. The molecule has 6 aliphatic rings. The van der Waals surface area contributed by atoms with Gasteiger partial charge in [-0.15, -0.1) is 0 Å². The number of likely N-dealkylation sites (tertiary alicyclic amines) is 1. The highest BCUT2D eigenvalue weighted by atomic mass is 35.5. The molecule has 0 bridgehead atoms. The number of aliphatic hydroxyl groups is 2. The Kier molecular flexibility index (Phi) is 10.9. The van der Waals surface area contributed by atoms with Crippen molar-refractivity contribution in [3.63, 3.8) is 0 Å². The van der Waals surface area contributed by atoms with E-state index in [1.54, 1.807) is 24.3 Å². The van der Waals surface area contributed by atoms with Gasteiger partial charge in [-0.05, 0) is 93.2 Å². The molecule has 5 aliphatic heterocycles. The predicted molar refractivity (Wildman–Crippen MR) is 229 cm³/mol. The van der Waals surface area contributed by atoms with Gasteiger partial charge in [-0.1, -0.05) is 51.1 Å². The summed E-state index contributed by atoms with van der Waals surface area (Å²) in [5, 5.41) is 34.1. The zero-order valence-electron chi connectivity index (χ0n) is 35.5. The van der Waals surface area contributed by atoms with E-state index >= 15 is 4.39 Å². The lowest BCUT2D eigenvalue weighted by Crippen LogP contribution is -2.74. The maximum Gasteiger partial charge on any atom is 0.254 e. The number of rotatable bonds is 6. The Morgan fingerprint density at radius 1 is 0.887 bits per heavy atom. The van der Waals surface area contributed by atoms with E-state index in [0.717, 1.165) is 55.5 Å². The second-order valence-electron chi connectivity index (χ2n) is 19.0. The molecule has 14 heteroatoms. The Balaban J connectivity index is 0.776. The standard InChI is InChI=1S/C48H52ClFN6O6/c1-47(2)45(48(3,4)46(47)62-32-9-8-29(25-51)36(49)22-32)55-26-30-21-28(7-10-33(30)42(55)59)6-5-27-13-17-53(18-14-27)31-15-19-54(20-16-31)39-24-35-34(23-37(39)50)43(60)56(44(35)61)38-11-12-40(57)52-41(38)58/h7-10,21-24,27,31,38,43-46,60-61H,11-20,26H2,1-4H3,(H,52,57,58).